The monoisotopic (exact) mass is 361 g/mol. The molecule has 1 unspecified atom stereocenters. The Kier molecular flexibility index (Phi) is 5.99. The molecule has 1 aliphatic rings. The molecule has 134 valence electrons. The molecule has 2 aromatic rings. The second-order valence-corrected chi connectivity index (χ2v) is 6.75. The van der Waals surface area contributed by atoms with Crippen LogP contribution in [0.5, 0.6) is 5.75 Å². The van der Waals surface area contributed by atoms with Crippen LogP contribution in [0.1, 0.15) is 13.3 Å². The number of nitrogens with zero attached hydrogens (tertiary/aromatic N) is 3. The molecule has 0 spiro atoms. The molecule has 1 aromatic carbocycles. The molecule has 1 atom stereocenters. The van der Waals surface area contributed by atoms with Gasteiger partial charge in [-0.1, -0.05) is 18.7 Å². The molecule has 0 aliphatic carbocycles. The number of thioether (sulfide) groups is 1. The number of methoxy groups -OCH3 is 1. The first kappa shape index (κ1) is 17.8. The zero-order valence-electron chi connectivity index (χ0n) is 14.6. The average molecular weight is 361 g/mol. The molecule has 0 saturated carbocycles. The molecule has 3 rings (SSSR count). The second-order valence-electron chi connectivity index (χ2n) is 5.81. The van der Waals surface area contributed by atoms with Crippen molar-refractivity contribution in [3.05, 3.63) is 36.7 Å². The van der Waals surface area contributed by atoms with E-state index in [1.807, 2.05) is 39.9 Å². The van der Waals surface area contributed by atoms with Crippen LogP contribution in [-0.4, -0.2) is 59.0 Å². The molecule has 2 heterocycles. The van der Waals surface area contributed by atoms with E-state index in [0.29, 0.717) is 25.4 Å². The van der Waals surface area contributed by atoms with Gasteiger partial charge in [-0.25, -0.2) is 4.98 Å². The Labute approximate surface area is 152 Å². The highest BCUT2D eigenvalue weighted by Crippen LogP contribution is 2.23. The minimum atomic E-state index is 0.135. The van der Waals surface area contributed by atoms with Crippen LogP contribution in [0.25, 0.3) is 5.69 Å². The molecule has 1 aliphatic heterocycles. The van der Waals surface area contributed by atoms with Crippen molar-refractivity contribution in [2.75, 3.05) is 32.6 Å². The number of carbonyl (C=O) groups excluding carboxylic acids is 1. The van der Waals surface area contributed by atoms with Gasteiger partial charge in [-0.05, 0) is 30.7 Å². The molecule has 0 N–H and O–H groups in total. The molecule has 1 aromatic heterocycles. The number of aromatic nitrogens is 2. The van der Waals surface area contributed by atoms with Gasteiger partial charge in [0.25, 0.3) is 0 Å². The van der Waals surface area contributed by atoms with Gasteiger partial charge < -0.3 is 14.4 Å². The Morgan fingerprint density at radius 2 is 2.20 bits per heavy atom. The molecule has 0 bridgehead atoms. The zero-order chi connectivity index (χ0) is 17.6. The summed E-state index contributed by atoms with van der Waals surface area (Å²) in [5.74, 6) is 1.32. The minimum absolute atomic E-state index is 0.135. The molecule has 6 nitrogen and oxygen atoms in total. The maximum absolute atomic E-state index is 12.5. The minimum Gasteiger partial charge on any atom is -0.497 e. The fourth-order valence-electron chi connectivity index (χ4n) is 2.75. The number of benzene rings is 1. The van der Waals surface area contributed by atoms with E-state index in [1.165, 1.54) is 11.8 Å². The average Bonchev–Trinajstić information content (AvgIpc) is 3.14. The van der Waals surface area contributed by atoms with Crippen molar-refractivity contribution in [3.63, 3.8) is 0 Å². The van der Waals surface area contributed by atoms with Crippen LogP contribution >= 0.6 is 11.8 Å². The zero-order valence-corrected chi connectivity index (χ0v) is 15.4. The van der Waals surface area contributed by atoms with E-state index >= 15 is 0 Å². The molecular weight excluding hydrogens is 338 g/mol. The third-order valence-electron chi connectivity index (χ3n) is 4.23. The van der Waals surface area contributed by atoms with Crippen molar-refractivity contribution in [2.45, 2.75) is 24.6 Å². The third kappa shape index (κ3) is 4.35. The maximum Gasteiger partial charge on any atom is 0.233 e. The van der Waals surface area contributed by atoms with Crippen molar-refractivity contribution in [3.8, 4) is 11.4 Å². The van der Waals surface area contributed by atoms with Crippen LogP contribution in [-0.2, 0) is 9.53 Å². The van der Waals surface area contributed by atoms with Gasteiger partial charge in [0, 0.05) is 31.2 Å². The van der Waals surface area contributed by atoms with E-state index < -0.39 is 0 Å². The molecule has 7 heteroatoms. The second kappa shape index (κ2) is 8.40. The van der Waals surface area contributed by atoms with Crippen LogP contribution < -0.4 is 4.74 Å². The topological polar surface area (TPSA) is 56.6 Å². The highest BCUT2D eigenvalue weighted by molar-refractivity contribution is 7.99. The summed E-state index contributed by atoms with van der Waals surface area (Å²) in [6.07, 6.45) is 4.73. The van der Waals surface area contributed by atoms with E-state index in [-0.39, 0.29) is 12.0 Å². The quantitative estimate of drug-likeness (QED) is 0.740. The first-order chi connectivity index (χ1) is 12.2. The van der Waals surface area contributed by atoms with Gasteiger partial charge in [0.2, 0.25) is 5.91 Å². The van der Waals surface area contributed by atoms with Crippen LogP contribution in [0.4, 0.5) is 0 Å². The number of hydrogen-bond acceptors (Lipinski definition) is 5. The van der Waals surface area contributed by atoms with Gasteiger partial charge in [-0.15, -0.1) is 0 Å². The lowest BCUT2D eigenvalue weighted by Crippen LogP contribution is -2.46. The van der Waals surface area contributed by atoms with Crippen LogP contribution in [0.3, 0.4) is 0 Å². The number of imidazole rings is 1. The van der Waals surface area contributed by atoms with Crippen LogP contribution in [0.15, 0.2) is 41.8 Å². The Morgan fingerprint density at radius 3 is 2.92 bits per heavy atom. The van der Waals surface area contributed by atoms with E-state index in [4.69, 9.17) is 9.47 Å². The van der Waals surface area contributed by atoms with Gasteiger partial charge in [-0.2, -0.15) is 0 Å². The Morgan fingerprint density at radius 1 is 1.40 bits per heavy atom. The Bertz CT molecular complexity index is 702. The summed E-state index contributed by atoms with van der Waals surface area (Å²) in [6.45, 7) is 4.06. The predicted octanol–water partition coefficient (Wildman–Crippen LogP) is 2.61. The van der Waals surface area contributed by atoms with E-state index in [9.17, 15) is 4.79 Å². The molecule has 1 saturated heterocycles. The van der Waals surface area contributed by atoms with Crippen LogP contribution in [0, 0.1) is 0 Å². The molecule has 25 heavy (non-hydrogen) atoms. The van der Waals surface area contributed by atoms with Gasteiger partial charge in [0.1, 0.15) is 5.75 Å². The van der Waals surface area contributed by atoms with Gasteiger partial charge in [0.15, 0.2) is 5.16 Å². The summed E-state index contributed by atoms with van der Waals surface area (Å²) in [5.41, 5.74) is 0.991. The molecule has 1 fully saturated rings. The molecule has 0 radical (unpaired) electrons. The maximum atomic E-state index is 12.5. The lowest BCUT2D eigenvalue weighted by Gasteiger charge is -2.32. The normalized spacial score (nSPS) is 17.5. The lowest BCUT2D eigenvalue weighted by molar-refractivity contribution is -0.135. The van der Waals surface area contributed by atoms with Crippen molar-refractivity contribution >= 4 is 17.7 Å². The standard InChI is InChI=1S/C18H23N3O3S/c1-3-15-12-20(10-11-24-15)17(22)13-25-18-19-8-9-21(18)14-4-6-16(23-2)7-5-14/h4-9,15H,3,10-13H2,1-2H3. The number of rotatable bonds is 6. The summed E-state index contributed by atoms with van der Waals surface area (Å²) in [6, 6.07) is 7.77. The summed E-state index contributed by atoms with van der Waals surface area (Å²) in [7, 11) is 1.65. The first-order valence-corrected chi connectivity index (χ1v) is 9.39. The smallest absolute Gasteiger partial charge is 0.233 e. The summed E-state index contributed by atoms with van der Waals surface area (Å²) < 4.78 is 12.8. The van der Waals surface area contributed by atoms with Crippen molar-refractivity contribution in [1.82, 2.24) is 14.5 Å². The third-order valence-corrected chi connectivity index (χ3v) is 5.18. The van der Waals surface area contributed by atoms with E-state index in [2.05, 4.69) is 11.9 Å². The number of hydrogen-bond donors (Lipinski definition) is 0. The van der Waals surface area contributed by atoms with Gasteiger partial charge in [-0.3, -0.25) is 9.36 Å². The lowest BCUT2D eigenvalue weighted by atomic mass is 10.2. The summed E-state index contributed by atoms with van der Waals surface area (Å²) >= 11 is 1.46. The summed E-state index contributed by atoms with van der Waals surface area (Å²) in [5, 5.41) is 0.804. The largest absolute Gasteiger partial charge is 0.497 e. The number of carbonyl (C=O) groups is 1. The van der Waals surface area contributed by atoms with Gasteiger partial charge in [0.05, 0.1) is 25.6 Å². The Hall–Kier alpha value is -1.99. The number of morpholine rings is 1. The highest BCUT2D eigenvalue weighted by Gasteiger charge is 2.23. The first-order valence-electron chi connectivity index (χ1n) is 8.41. The highest BCUT2D eigenvalue weighted by atomic mass is 32.2. The Balaban J connectivity index is 1.62. The fourth-order valence-corrected chi connectivity index (χ4v) is 3.62. The molecular formula is C18H23N3O3S. The molecule has 1 amide bonds. The van der Waals surface area contributed by atoms with Crippen molar-refractivity contribution in [2.24, 2.45) is 0 Å². The van der Waals surface area contributed by atoms with Crippen LogP contribution in [0.2, 0.25) is 0 Å². The predicted molar refractivity (Wildman–Crippen MR) is 97.5 cm³/mol. The SMILES string of the molecule is CCC1CN(C(=O)CSc2nccn2-c2ccc(OC)cc2)CCO1. The fraction of sp³-hybridized carbons (Fsp3) is 0.444. The summed E-state index contributed by atoms with van der Waals surface area (Å²) in [4.78, 5) is 18.8. The number of ether oxygens (including phenoxy) is 2. The van der Waals surface area contributed by atoms with E-state index in [1.54, 1.807) is 13.3 Å². The van der Waals surface area contributed by atoms with Crippen molar-refractivity contribution < 1.29 is 14.3 Å². The van der Waals surface area contributed by atoms with Crippen molar-refractivity contribution in [1.29, 1.82) is 0 Å². The van der Waals surface area contributed by atoms with Gasteiger partial charge >= 0.3 is 0 Å². The number of amides is 1. The van der Waals surface area contributed by atoms with E-state index in [0.717, 1.165) is 23.0 Å².